The van der Waals surface area contributed by atoms with Gasteiger partial charge in [-0.25, -0.2) is 0 Å². The van der Waals surface area contributed by atoms with Crippen molar-refractivity contribution in [2.24, 2.45) is 10.8 Å². The Kier molecular flexibility index (Phi) is 12.9. The van der Waals surface area contributed by atoms with Crippen molar-refractivity contribution in [2.45, 2.75) is 69.2 Å². The SMILES string of the molecule is CC1=C(C)C(C)(C)[C]([Cr+3][C]2=C(C)C(C)=C(C)C2(C)C)=C1C.F[B-](F)(F)F.F[B-](F)(F)F.F[B-](F)(F)F. The number of halogens is 12. The Bertz CT molecular complexity index is 815. The molecule has 0 aromatic heterocycles. The Morgan fingerprint density at radius 2 is 0.583 bits per heavy atom. The standard InChI is InChI=1S/2C10H15.3BF4.Cr/c2*1-7-6-10(4,5)9(3)8(7)2;3*2-1(3,4)5;/h2*1-5H3;;;;/q;;3*-1;+3. The van der Waals surface area contributed by atoms with Gasteiger partial charge in [-0.3, -0.25) is 0 Å². The summed E-state index contributed by atoms with van der Waals surface area (Å²) in [5, 5.41) is 0. The zero-order chi connectivity index (χ0) is 29.8. The number of allylic oxidation sites excluding steroid dienone is 8. The second-order valence-electron chi connectivity index (χ2n) is 9.24. The molecule has 0 radical (unpaired) electrons. The molecule has 0 aromatic rings. The topological polar surface area (TPSA) is 0 Å². The van der Waals surface area contributed by atoms with E-state index in [4.69, 9.17) is 0 Å². The molecule has 0 N–H and O–H groups in total. The van der Waals surface area contributed by atoms with E-state index in [1.807, 2.05) is 0 Å². The molecule has 0 atom stereocenters. The van der Waals surface area contributed by atoms with Gasteiger partial charge in [0.2, 0.25) is 0 Å². The smallest absolute Gasteiger partial charge is 0.418 e. The summed E-state index contributed by atoms with van der Waals surface area (Å²) in [6, 6.07) is 0. The largest absolute Gasteiger partial charge is 0.673 e. The maximum Gasteiger partial charge on any atom is 0.673 e. The molecule has 0 saturated carbocycles. The first kappa shape index (κ1) is 37.0. The fourth-order valence-electron chi connectivity index (χ4n) is 3.63. The molecule has 0 bridgehead atoms. The molecule has 36 heavy (non-hydrogen) atoms. The van der Waals surface area contributed by atoms with Crippen molar-refractivity contribution >= 4 is 21.8 Å². The Morgan fingerprint density at radius 1 is 0.417 bits per heavy atom. The van der Waals surface area contributed by atoms with Gasteiger partial charge in [0, 0.05) is 0 Å². The van der Waals surface area contributed by atoms with Crippen molar-refractivity contribution in [1.82, 2.24) is 0 Å². The molecule has 0 saturated heterocycles. The van der Waals surface area contributed by atoms with Crippen LogP contribution in [0.25, 0.3) is 0 Å². The quantitative estimate of drug-likeness (QED) is 0.224. The van der Waals surface area contributed by atoms with Gasteiger partial charge in [-0.15, -0.1) is 0 Å². The fraction of sp³-hybridized carbons (Fsp3) is 0.600. The maximum atomic E-state index is 9.75. The minimum absolute atomic E-state index is 0.238. The van der Waals surface area contributed by atoms with Crippen LogP contribution in [0.15, 0.2) is 42.3 Å². The zero-order valence-electron chi connectivity index (χ0n) is 21.7. The third-order valence-electron chi connectivity index (χ3n) is 6.15. The van der Waals surface area contributed by atoms with E-state index in [-0.39, 0.29) is 10.8 Å². The van der Waals surface area contributed by atoms with E-state index >= 15 is 0 Å². The van der Waals surface area contributed by atoms with Crippen LogP contribution in [-0.2, 0) is 15.2 Å². The van der Waals surface area contributed by atoms with Gasteiger partial charge >= 0.3 is 159 Å². The number of rotatable bonds is 2. The third-order valence-corrected chi connectivity index (χ3v) is 9.33. The molecule has 0 unspecified atom stereocenters. The van der Waals surface area contributed by atoms with Crippen molar-refractivity contribution in [1.29, 1.82) is 0 Å². The molecule has 0 aliphatic heterocycles. The summed E-state index contributed by atoms with van der Waals surface area (Å²) in [7, 11) is -18.0. The summed E-state index contributed by atoms with van der Waals surface area (Å²) in [6.45, 7) is 23.5. The molecule has 2 rings (SSSR count). The predicted molar refractivity (Wildman–Crippen MR) is 120 cm³/mol. The van der Waals surface area contributed by atoms with Crippen molar-refractivity contribution in [2.75, 3.05) is 0 Å². The minimum atomic E-state index is -6.00. The van der Waals surface area contributed by atoms with Crippen molar-refractivity contribution in [3.8, 4) is 0 Å². The fourth-order valence-corrected chi connectivity index (χ4v) is 6.18. The summed E-state index contributed by atoms with van der Waals surface area (Å²) in [6.07, 6.45) is 0. The Morgan fingerprint density at radius 3 is 0.694 bits per heavy atom. The second-order valence-corrected chi connectivity index (χ2v) is 10.8. The molecule has 0 aromatic carbocycles. The van der Waals surface area contributed by atoms with Crippen LogP contribution in [0.2, 0.25) is 0 Å². The molecule has 0 fully saturated rings. The maximum absolute atomic E-state index is 9.75. The zero-order valence-corrected chi connectivity index (χ0v) is 23.0. The van der Waals surface area contributed by atoms with E-state index in [2.05, 4.69) is 69.2 Å². The molecule has 16 heteroatoms. The third kappa shape index (κ3) is 12.9. The van der Waals surface area contributed by atoms with Crippen molar-refractivity contribution in [3.63, 3.8) is 0 Å². The van der Waals surface area contributed by atoms with Crippen molar-refractivity contribution < 1.29 is 67.0 Å². The molecule has 209 valence electrons. The molecule has 2 aliphatic rings. The first-order chi connectivity index (χ1) is 15.4. The molecular formula is C20H30B3CrF12. The van der Waals surface area contributed by atoms with E-state index in [1.54, 1.807) is 31.2 Å². The Balaban J connectivity index is 0. The molecule has 0 heterocycles. The van der Waals surface area contributed by atoms with Crippen LogP contribution in [-0.4, -0.2) is 21.8 Å². The van der Waals surface area contributed by atoms with Gasteiger partial charge < -0.3 is 51.8 Å². The molecule has 0 amide bonds. The van der Waals surface area contributed by atoms with Gasteiger partial charge in [-0.05, 0) is 0 Å². The summed E-state index contributed by atoms with van der Waals surface area (Å²) in [4.78, 5) is 0. The molecule has 2 aliphatic carbocycles. The summed E-state index contributed by atoms with van der Waals surface area (Å²) in [5.74, 6) is 0. The molecular weight excluding hydrogens is 553 g/mol. The average molecular weight is 583 g/mol. The van der Waals surface area contributed by atoms with Gasteiger partial charge in [0.1, 0.15) is 0 Å². The summed E-state index contributed by atoms with van der Waals surface area (Å²) < 4.78 is 120. The van der Waals surface area contributed by atoms with Gasteiger partial charge in [0.15, 0.2) is 0 Å². The van der Waals surface area contributed by atoms with Crippen LogP contribution in [0.5, 0.6) is 0 Å². The molecule has 0 nitrogen and oxygen atoms in total. The average Bonchev–Trinajstić information content (AvgIpc) is 2.82. The minimum Gasteiger partial charge on any atom is -0.418 e. The monoisotopic (exact) mass is 583 g/mol. The van der Waals surface area contributed by atoms with Gasteiger partial charge in [-0.1, -0.05) is 0 Å². The van der Waals surface area contributed by atoms with Gasteiger partial charge in [-0.2, -0.15) is 0 Å². The number of hydrogen-bond acceptors (Lipinski definition) is 0. The predicted octanol–water partition coefficient (Wildman–Crippen LogP) is 10.3. The summed E-state index contributed by atoms with van der Waals surface area (Å²) >= 11 is 0.444. The van der Waals surface area contributed by atoms with Gasteiger partial charge in [0.05, 0.1) is 0 Å². The van der Waals surface area contributed by atoms with E-state index in [1.165, 1.54) is 11.1 Å². The van der Waals surface area contributed by atoms with Crippen LogP contribution in [0.4, 0.5) is 51.8 Å². The van der Waals surface area contributed by atoms with Gasteiger partial charge in [0.25, 0.3) is 0 Å². The van der Waals surface area contributed by atoms with Crippen LogP contribution in [0.3, 0.4) is 0 Å². The normalized spacial score (nSPS) is 19.3. The number of hydrogen-bond donors (Lipinski definition) is 0. The van der Waals surface area contributed by atoms with Crippen molar-refractivity contribution in [3.05, 3.63) is 42.3 Å². The first-order valence-corrected chi connectivity index (χ1v) is 11.8. The van der Waals surface area contributed by atoms with E-state index in [0.29, 0.717) is 15.2 Å². The van der Waals surface area contributed by atoms with Crippen LogP contribution in [0.1, 0.15) is 69.2 Å². The van der Waals surface area contributed by atoms with E-state index in [9.17, 15) is 51.8 Å². The summed E-state index contributed by atoms with van der Waals surface area (Å²) in [5.41, 5.74) is 9.75. The Hall–Kier alpha value is -1.15. The van der Waals surface area contributed by atoms with Crippen LogP contribution < -0.4 is 0 Å². The van der Waals surface area contributed by atoms with Crippen LogP contribution >= 0.6 is 0 Å². The Labute approximate surface area is 211 Å². The van der Waals surface area contributed by atoms with E-state index < -0.39 is 21.8 Å². The van der Waals surface area contributed by atoms with Crippen LogP contribution in [0, 0.1) is 10.8 Å². The molecule has 0 spiro atoms. The van der Waals surface area contributed by atoms with E-state index in [0.717, 1.165) is 0 Å². The second kappa shape index (κ2) is 12.6. The first-order valence-electron chi connectivity index (χ1n) is 10.5.